The van der Waals surface area contributed by atoms with Crippen LogP contribution in [0.2, 0.25) is 0 Å². The number of likely N-dealkylation sites (tertiary alicyclic amines) is 1. The van der Waals surface area contributed by atoms with Crippen molar-refractivity contribution in [3.63, 3.8) is 0 Å². The first kappa shape index (κ1) is 15.2. The maximum absolute atomic E-state index is 11.0. The number of piperidine rings is 1. The normalized spacial score (nSPS) is 17.8. The van der Waals surface area contributed by atoms with Crippen LogP contribution in [-0.4, -0.2) is 40.1 Å². The molecule has 0 bridgehead atoms. The van der Waals surface area contributed by atoms with Crippen molar-refractivity contribution in [3.05, 3.63) is 18.0 Å². The van der Waals surface area contributed by atoms with E-state index in [1.807, 2.05) is 6.20 Å². The van der Waals surface area contributed by atoms with Crippen molar-refractivity contribution in [3.8, 4) is 0 Å². The van der Waals surface area contributed by atoms with E-state index in [-0.39, 0.29) is 0 Å². The average Bonchev–Trinajstić information content (AvgIpc) is 2.86. The lowest BCUT2D eigenvalue weighted by molar-refractivity contribution is -0.117. The molecule has 0 aliphatic carbocycles. The van der Waals surface area contributed by atoms with Crippen molar-refractivity contribution in [2.24, 2.45) is 5.92 Å². The number of carbonyl (C=O) groups excluding carboxylic acids is 1. The van der Waals surface area contributed by atoms with Gasteiger partial charge in [0.15, 0.2) is 0 Å². The van der Waals surface area contributed by atoms with E-state index in [9.17, 15) is 4.79 Å². The van der Waals surface area contributed by atoms with Crippen molar-refractivity contribution >= 4 is 5.78 Å². The molecule has 0 unspecified atom stereocenters. The Balaban J connectivity index is 1.74. The molecule has 2 rings (SSSR count). The number of hydrogen-bond donors (Lipinski definition) is 0. The zero-order valence-electron chi connectivity index (χ0n) is 13.0. The van der Waals surface area contributed by atoms with Gasteiger partial charge in [0.2, 0.25) is 0 Å². The molecule has 0 amide bonds. The molecule has 1 aromatic rings. The minimum atomic E-state index is 0.296. The molecule has 4 nitrogen and oxygen atoms in total. The monoisotopic (exact) mass is 277 g/mol. The van der Waals surface area contributed by atoms with Gasteiger partial charge in [-0.25, -0.2) is 0 Å². The topological polar surface area (TPSA) is 38.1 Å². The molecule has 0 N–H and O–H groups in total. The van der Waals surface area contributed by atoms with Crippen molar-refractivity contribution in [2.75, 3.05) is 19.6 Å². The van der Waals surface area contributed by atoms with Crippen molar-refractivity contribution in [1.29, 1.82) is 0 Å². The summed E-state index contributed by atoms with van der Waals surface area (Å²) in [5.41, 5.74) is 1.32. The summed E-state index contributed by atoms with van der Waals surface area (Å²) in [5, 5.41) is 4.47. The third-order valence-corrected chi connectivity index (χ3v) is 4.25. The third-order valence-electron chi connectivity index (χ3n) is 4.25. The molecule has 0 radical (unpaired) electrons. The van der Waals surface area contributed by atoms with Crippen LogP contribution in [0.4, 0.5) is 0 Å². The maximum atomic E-state index is 11.0. The molecule has 4 heteroatoms. The van der Waals surface area contributed by atoms with E-state index in [1.165, 1.54) is 18.4 Å². The summed E-state index contributed by atoms with van der Waals surface area (Å²) in [6, 6.07) is 0. The second kappa shape index (κ2) is 7.02. The van der Waals surface area contributed by atoms with Crippen LogP contribution in [0.5, 0.6) is 0 Å². The number of aromatic nitrogens is 2. The lowest BCUT2D eigenvalue weighted by Gasteiger charge is -2.31. The van der Waals surface area contributed by atoms with Crippen molar-refractivity contribution in [2.45, 2.75) is 52.5 Å². The highest BCUT2D eigenvalue weighted by Gasteiger charge is 2.20. The van der Waals surface area contributed by atoms with Gasteiger partial charge in [-0.15, -0.1) is 0 Å². The van der Waals surface area contributed by atoms with Crippen molar-refractivity contribution in [1.82, 2.24) is 14.7 Å². The lowest BCUT2D eigenvalue weighted by atomic mass is 9.96. The average molecular weight is 277 g/mol. The summed E-state index contributed by atoms with van der Waals surface area (Å²) in [5.74, 6) is 1.57. The van der Waals surface area contributed by atoms with Crippen LogP contribution in [0.25, 0.3) is 0 Å². The van der Waals surface area contributed by atoms with E-state index >= 15 is 0 Å². The number of rotatable bonds is 6. The van der Waals surface area contributed by atoms with E-state index in [0.717, 1.165) is 32.1 Å². The minimum Gasteiger partial charge on any atom is -0.303 e. The highest BCUT2D eigenvalue weighted by Crippen LogP contribution is 2.20. The molecular formula is C16H27N3O. The standard InChI is InChI=1S/C16H27N3O/c1-13(2)16-10-17-19(12-16)11-15-5-8-18(9-6-15)7-4-14(3)20/h10,12-13,15H,4-9,11H2,1-3H3. The quantitative estimate of drug-likeness (QED) is 0.802. The van der Waals surface area contributed by atoms with E-state index in [4.69, 9.17) is 0 Å². The molecular weight excluding hydrogens is 250 g/mol. The number of ketones is 1. The summed E-state index contributed by atoms with van der Waals surface area (Å²) in [7, 11) is 0. The molecule has 0 atom stereocenters. The van der Waals surface area contributed by atoms with Crippen LogP contribution in [0.1, 0.15) is 51.5 Å². The van der Waals surface area contributed by atoms with E-state index < -0.39 is 0 Å². The zero-order valence-corrected chi connectivity index (χ0v) is 13.0. The molecule has 1 saturated heterocycles. The first-order valence-electron chi connectivity index (χ1n) is 7.78. The predicted molar refractivity (Wildman–Crippen MR) is 80.8 cm³/mol. The summed E-state index contributed by atoms with van der Waals surface area (Å²) in [6.45, 7) is 10.3. The fourth-order valence-electron chi connectivity index (χ4n) is 2.75. The molecule has 1 aromatic heterocycles. The van der Waals surface area contributed by atoms with Gasteiger partial charge >= 0.3 is 0 Å². The zero-order chi connectivity index (χ0) is 14.5. The van der Waals surface area contributed by atoms with Gasteiger partial charge in [-0.2, -0.15) is 5.10 Å². The van der Waals surface area contributed by atoms with Gasteiger partial charge in [-0.3, -0.25) is 9.48 Å². The smallest absolute Gasteiger partial charge is 0.131 e. The van der Waals surface area contributed by atoms with Gasteiger partial charge < -0.3 is 4.90 Å². The van der Waals surface area contributed by atoms with E-state index in [1.54, 1.807) is 6.92 Å². The summed E-state index contributed by atoms with van der Waals surface area (Å²) in [4.78, 5) is 13.4. The highest BCUT2D eigenvalue weighted by molar-refractivity contribution is 5.75. The second-order valence-corrected chi connectivity index (χ2v) is 6.39. The van der Waals surface area contributed by atoms with Crippen LogP contribution in [0, 0.1) is 5.92 Å². The molecule has 2 heterocycles. The van der Waals surface area contributed by atoms with E-state index in [0.29, 0.717) is 18.1 Å². The molecule has 20 heavy (non-hydrogen) atoms. The number of Topliss-reactive ketones (excluding diaryl/α,β-unsaturated/α-hetero) is 1. The predicted octanol–water partition coefficient (Wildman–Crippen LogP) is 2.70. The Labute approximate surface area is 122 Å². The van der Waals surface area contributed by atoms with Crippen LogP contribution in [-0.2, 0) is 11.3 Å². The van der Waals surface area contributed by atoms with Gasteiger partial charge in [0.25, 0.3) is 0 Å². The Morgan fingerprint density at radius 3 is 2.65 bits per heavy atom. The fourth-order valence-corrected chi connectivity index (χ4v) is 2.75. The van der Waals surface area contributed by atoms with Crippen molar-refractivity contribution < 1.29 is 4.79 Å². The maximum Gasteiger partial charge on any atom is 0.131 e. The largest absolute Gasteiger partial charge is 0.303 e. The Morgan fingerprint density at radius 2 is 2.10 bits per heavy atom. The SMILES string of the molecule is CC(=O)CCN1CCC(Cn2cc(C(C)C)cn2)CC1. The Bertz CT molecular complexity index is 431. The molecule has 112 valence electrons. The lowest BCUT2D eigenvalue weighted by Crippen LogP contribution is -2.36. The molecule has 0 aromatic carbocycles. The van der Waals surface area contributed by atoms with Gasteiger partial charge in [0.05, 0.1) is 6.20 Å². The van der Waals surface area contributed by atoms with Gasteiger partial charge in [-0.1, -0.05) is 13.8 Å². The summed E-state index contributed by atoms with van der Waals surface area (Å²) >= 11 is 0. The van der Waals surface area contributed by atoms with Crippen LogP contribution in [0.15, 0.2) is 12.4 Å². The van der Waals surface area contributed by atoms with Gasteiger partial charge in [0, 0.05) is 25.7 Å². The highest BCUT2D eigenvalue weighted by atomic mass is 16.1. The number of hydrogen-bond acceptors (Lipinski definition) is 3. The number of carbonyl (C=O) groups is 1. The molecule has 1 aliphatic heterocycles. The number of nitrogens with zero attached hydrogens (tertiary/aromatic N) is 3. The summed E-state index contributed by atoms with van der Waals surface area (Å²) < 4.78 is 2.10. The molecule has 0 spiro atoms. The first-order chi connectivity index (χ1) is 9.54. The fraction of sp³-hybridized carbons (Fsp3) is 0.750. The minimum absolute atomic E-state index is 0.296. The Morgan fingerprint density at radius 1 is 1.40 bits per heavy atom. The molecule has 0 saturated carbocycles. The van der Waals surface area contributed by atoms with E-state index in [2.05, 4.69) is 34.7 Å². The second-order valence-electron chi connectivity index (χ2n) is 6.39. The first-order valence-corrected chi connectivity index (χ1v) is 7.78. The van der Waals surface area contributed by atoms with Crippen LogP contribution >= 0.6 is 0 Å². The third kappa shape index (κ3) is 4.44. The van der Waals surface area contributed by atoms with Crippen LogP contribution in [0.3, 0.4) is 0 Å². The Kier molecular flexibility index (Phi) is 5.35. The van der Waals surface area contributed by atoms with Crippen LogP contribution < -0.4 is 0 Å². The van der Waals surface area contributed by atoms with Gasteiger partial charge in [0.1, 0.15) is 5.78 Å². The summed E-state index contributed by atoms with van der Waals surface area (Å²) in [6.07, 6.45) is 7.31. The molecule has 1 fully saturated rings. The Hall–Kier alpha value is -1.16. The molecule has 1 aliphatic rings. The van der Waals surface area contributed by atoms with Gasteiger partial charge in [-0.05, 0) is 50.3 Å².